The van der Waals surface area contributed by atoms with Gasteiger partial charge in [0.1, 0.15) is 0 Å². The Morgan fingerprint density at radius 3 is 2.92 bits per heavy atom. The van der Waals surface area contributed by atoms with E-state index in [4.69, 9.17) is 5.73 Å². The summed E-state index contributed by atoms with van der Waals surface area (Å²) in [6, 6.07) is 4.24. The number of hydrogen-bond donors (Lipinski definition) is 2. The minimum absolute atomic E-state index is 0.896. The molecule has 0 atom stereocenters. The zero-order valence-corrected chi connectivity index (χ0v) is 8.02. The average molecular weight is 174 g/mol. The van der Waals surface area contributed by atoms with Crippen LogP contribution < -0.4 is 5.73 Å². The lowest BCUT2D eigenvalue weighted by Gasteiger charge is -2.06. The zero-order valence-electron chi connectivity index (χ0n) is 8.02. The average Bonchev–Trinajstić information content (AvgIpc) is 2.60. The van der Waals surface area contributed by atoms with Crippen molar-refractivity contribution in [3.05, 3.63) is 29.5 Å². The maximum atomic E-state index is 6.01. The molecule has 0 radical (unpaired) electrons. The number of nitrogens with two attached hydrogens (primary N) is 1. The highest BCUT2D eigenvalue weighted by Gasteiger charge is 2.06. The number of aromatic amines is 1. The third kappa shape index (κ3) is 1.10. The summed E-state index contributed by atoms with van der Waals surface area (Å²) in [5, 5.41) is 1.23. The molecule has 68 valence electrons. The summed E-state index contributed by atoms with van der Waals surface area (Å²) in [6.45, 7) is 4.24. The fourth-order valence-corrected chi connectivity index (χ4v) is 1.79. The molecule has 1 aromatic heterocycles. The lowest BCUT2D eigenvalue weighted by Crippen LogP contribution is -1.95. The van der Waals surface area contributed by atoms with Gasteiger partial charge in [-0.2, -0.15) is 0 Å². The monoisotopic (exact) mass is 174 g/mol. The van der Waals surface area contributed by atoms with Gasteiger partial charge in [-0.05, 0) is 30.5 Å². The predicted molar refractivity (Wildman–Crippen MR) is 56.8 cm³/mol. The van der Waals surface area contributed by atoms with Crippen LogP contribution >= 0.6 is 0 Å². The number of rotatable bonds is 1. The third-order valence-corrected chi connectivity index (χ3v) is 2.56. The van der Waals surface area contributed by atoms with Gasteiger partial charge in [-0.15, -0.1) is 0 Å². The summed E-state index contributed by atoms with van der Waals surface area (Å²) in [5.74, 6) is 0. The Bertz CT molecular complexity index is 441. The van der Waals surface area contributed by atoms with Crippen molar-refractivity contribution in [2.75, 3.05) is 5.73 Å². The molecule has 0 saturated carbocycles. The number of fused-ring (bicyclic) bond motifs is 1. The minimum atomic E-state index is 0.896. The van der Waals surface area contributed by atoms with Crippen LogP contribution in [0.15, 0.2) is 18.3 Å². The molecule has 2 rings (SSSR count). The van der Waals surface area contributed by atoms with Gasteiger partial charge < -0.3 is 10.7 Å². The van der Waals surface area contributed by atoms with E-state index in [0.29, 0.717) is 0 Å². The van der Waals surface area contributed by atoms with Crippen LogP contribution in [0.5, 0.6) is 0 Å². The quantitative estimate of drug-likeness (QED) is 0.641. The summed E-state index contributed by atoms with van der Waals surface area (Å²) in [4.78, 5) is 3.18. The molecule has 0 amide bonds. The molecule has 2 nitrogen and oxygen atoms in total. The number of anilines is 1. The standard InChI is InChI=1S/C11H14N2/c1-3-8-6-7(2)9-4-5-13-11(9)10(8)12/h4-6,13H,3,12H2,1-2H3. The molecule has 1 aromatic carbocycles. The van der Waals surface area contributed by atoms with Crippen LogP contribution in [-0.4, -0.2) is 4.98 Å². The first-order valence-corrected chi connectivity index (χ1v) is 4.59. The summed E-state index contributed by atoms with van der Waals surface area (Å²) in [6.07, 6.45) is 2.93. The first-order chi connectivity index (χ1) is 6.24. The molecule has 0 unspecified atom stereocenters. The second kappa shape index (κ2) is 2.80. The molecule has 13 heavy (non-hydrogen) atoms. The van der Waals surface area contributed by atoms with Crippen molar-refractivity contribution in [3.8, 4) is 0 Å². The molecule has 2 heteroatoms. The lowest BCUT2D eigenvalue weighted by molar-refractivity contribution is 1.14. The molecule has 0 saturated heterocycles. The summed E-state index contributed by atoms with van der Waals surface area (Å²) >= 11 is 0. The third-order valence-electron chi connectivity index (χ3n) is 2.56. The van der Waals surface area contributed by atoms with E-state index in [1.165, 1.54) is 16.5 Å². The van der Waals surface area contributed by atoms with Gasteiger partial charge in [0.2, 0.25) is 0 Å². The number of aryl methyl sites for hydroxylation is 2. The second-order valence-electron chi connectivity index (χ2n) is 3.39. The highest BCUT2D eigenvalue weighted by molar-refractivity contribution is 5.93. The second-order valence-corrected chi connectivity index (χ2v) is 3.39. The molecule has 1 heterocycles. The van der Waals surface area contributed by atoms with Crippen LogP contribution in [0, 0.1) is 6.92 Å². The van der Waals surface area contributed by atoms with Crippen LogP contribution in [0.4, 0.5) is 5.69 Å². The van der Waals surface area contributed by atoms with Crippen molar-refractivity contribution in [1.29, 1.82) is 0 Å². The maximum absolute atomic E-state index is 6.01. The number of aromatic nitrogens is 1. The normalized spacial score (nSPS) is 10.9. The van der Waals surface area contributed by atoms with Crippen LogP contribution in [-0.2, 0) is 6.42 Å². The van der Waals surface area contributed by atoms with Crippen molar-refractivity contribution in [3.63, 3.8) is 0 Å². The van der Waals surface area contributed by atoms with Crippen LogP contribution in [0.2, 0.25) is 0 Å². The molecule has 0 spiro atoms. The lowest BCUT2D eigenvalue weighted by atomic mass is 10.0. The van der Waals surface area contributed by atoms with Crippen molar-refractivity contribution < 1.29 is 0 Å². The largest absolute Gasteiger partial charge is 0.397 e. The van der Waals surface area contributed by atoms with Gasteiger partial charge in [0.05, 0.1) is 11.2 Å². The molecule has 0 aliphatic rings. The highest BCUT2D eigenvalue weighted by atomic mass is 14.7. The molecule has 3 N–H and O–H groups in total. The zero-order chi connectivity index (χ0) is 9.42. The van der Waals surface area contributed by atoms with Crippen molar-refractivity contribution in [1.82, 2.24) is 4.98 Å². The SMILES string of the molecule is CCc1cc(C)c2cc[nH]c2c1N. The number of benzene rings is 1. The van der Waals surface area contributed by atoms with Crippen LogP contribution in [0.3, 0.4) is 0 Å². The van der Waals surface area contributed by atoms with Gasteiger partial charge in [-0.25, -0.2) is 0 Å². The molecular weight excluding hydrogens is 160 g/mol. The molecule has 0 aliphatic heterocycles. The van der Waals surface area contributed by atoms with Gasteiger partial charge in [-0.3, -0.25) is 0 Å². The predicted octanol–water partition coefficient (Wildman–Crippen LogP) is 2.62. The maximum Gasteiger partial charge on any atom is 0.0693 e. The fraction of sp³-hybridized carbons (Fsp3) is 0.273. The Morgan fingerprint density at radius 1 is 1.46 bits per heavy atom. The topological polar surface area (TPSA) is 41.8 Å². The summed E-state index contributed by atoms with van der Waals surface area (Å²) < 4.78 is 0. The summed E-state index contributed by atoms with van der Waals surface area (Å²) in [7, 11) is 0. The minimum Gasteiger partial charge on any atom is -0.397 e. The van der Waals surface area contributed by atoms with E-state index in [2.05, 4.69) is 31.0 Å². The first kappa shape index (κ1) is 8.17. The van der Waals surface area contributed by atoms with E-state index in [-0.39, 0.29) is 0 Å². The Kier molecular flexibility index (Phi) is 1.76. The van der Waals surface area contributed by atoms with Gasteiger partial charge in [0, 0.05) is 11.6 Å². The van der Waals surface area contributed by atoms with Crippen molar-refractivity contribution in [2.24, 2.45) is 0 Å². The first-order valence-electron chi connectivity index (χ1n) is 4.59. The Labute approximate surface area is 77.8 Å². The molecule has 2 aromatic rings. The Hall–Kier alpha value is -1.44. The number of H-pyrrole nitrogens is 1. The van der Waals surface area contributed by atoms with E-state index in [9.17, 15) is 0 Å². The Morgan fingerprint density at radius 2 is 2.23 bits per heavy atom. The molecule has 0 bridgehead atoms. The van der Waals surface area contributed by atoms with E-state index < -0.39 is 0 Å². The van der Waals surface area contributed by atoms with Gasteiger partial charge >= 0.3 is 0 Å². The number of hydrogen-bond acceptors (Lipinski definition) is 1. The smallest absolute Gasteiger partial charge is 0.0693 e. The van der Waals surface area contributed by atoms with Crippen molar-refractivity contribution in [2.45, 2.75) is 20.3 Å². The van der Waals surface area contributed by atoms with Gasteiger partial charge in [0.15, 0.2) is 0 Å². The van der Waals surface area contributed by atoms with Gasteiger partial charge in [0.25, 0.3) is 0 Å². The van der Waals surface area contributed by atoms with Crippen LogP contribution in [0.25, 0.3) is 10.9 Å². The van der Waals surface area contributed by atoms with Crippen LogP contribution in [0.1, 0.15) is 18.1 Å². The van der Waals surface area contributed by atoms with E-state index in [1.807, 2.05) is 6.20 Å². The van der Waals surface area contributed by atoms with Crippen molar-refractivity contribution >= 4 is 16.6 Å². The number of nitrogen functional groups attached to an aromatic ring is 1. The molecule has 0 fully saturated rings. The Balaban J connectivity index is 2.85. The fourth-order valence-electron chi connectivity index (χ4n) is 1.79. The number of nitrogens with one attached hydrogen (secondary N) is 1. The van der Waals surface area contributed by atoms with E-state index in [1.54, 1.807) is 0 Å². The van der Waals surface area contributed by atoms with E-state index >= 15 is 0 Å². The highest BCUT2D eigenvalue weighted by Crippen LogP contribution is 2.27. The van der Waals surface area contributed by atoms with Gasteiger partial charge in [-0.1, -0.05) is 13.0 Å². The van der Waals surface area contributed by atoms with E-state index in [0.717, 1.165) is 17.6 Å². The molecule has 0 aliphatic carbocycles. The molecular formula is C11H14N2. The summed E-state index contributed by atoms with van der Waals surface area (Å²) in [5.41, 5.74) is 10.5.